The maximum absolute atomic E-state index is 11.4. The highest BCUT2D eigenvalue weighted by atomic mass is 32.2. The third kappa shape index (κ3) is 5.01. The van der Waals surface area contributed by atoms with Crippen LogP contribution in [-0.4, -0.2) is 40.4 Å². The minimum Gasteiger partial charge on any atom is -0.494 e. The average molecular weight is 359 g/mol. The molecule has 0 N–H and O–H groups in total. The van der Waals surface area contributed by atoms with Crippen molar-refractivity contribution in [3.63, 3.8) is 0 Å². The van der Waals surface area contributed by atoms with Gasteiger partial charge in [-0.2, -0.15) is 5.10 Å². The summed E-state index contributed by atoms with van der Waals surface area (Å²) in [5.41, 5.74) is 0.953. The van der Waals surface area contributed by atoms with Gasteiger partial charge in [0.15, 0.2) is 5.82 Å². The highest BCUT2D eigenvalue weighted by Crippen LogP contribution is 2.24. The number of ether oxygens (including phenoxy) is 1. The first-order valence-corrected chi connectivity index (χ1v) is 10.3. The van der Waals surface area contributed by atoms with E-state index in [2.05, 4.69) is 21.2 Å². The monoisotopic (exact) mass is 359 g/mol. The molecular formula is C19H25N3O2S. The molecule has 0 amide bonds. The van der Waals surface area contributed by atoms with E-state index in [-0.39, 0.29) is 0 Å². The van der Waals surface area contributed by atoms with E-state index in [0.717, 1.165) is 61.1 Å². The van der Waals surface area contributed by atoms with E-state index in [1.165, 1.54) is 0 Å². The molecule has 2 aromatic rings. The normalized spacial score (nSPS) is 16.6. The van der Waals surface area contributed by atoms with Crippen LogP contribution in [0.2, 0.25) is 0 Å². The Labute approximate surface area is 151 Å². The van der Waals surface area contributed by atoms with Crippen LogP contribution in [-0.2, 0) is 10.8 Å². The van der Waals surface area contributed by atoms with Gasteiger partial charge in [-0.15, -0.1) is 5.10 Å². The summed E-state index contributed by atoms with van der Waals surface area (Å²) in [7, 11) is -0.937. The number of piperidine rings is 1. The van der Waals surface area contributed by atoms with E-state index in [0.29, 0.717) is 5.92 Å². The van der Waals surface area contributed by atoms with Gasteiger partial charge in [-0.05, 0) is 68.5 Å². The zero-order valence-electron chi connectivity index (χ0n) is 14.9. The van der Waals surface area contributed by atoms with Crippen molar-refractivity contribution in [2.45, 2.75) is 31.1 Å². The Kier molecular flexibility index (Phi) is 6.02. The Morgan fingerprint density at radius 1 is 1.12 bits per heavy atom. The van der Waals surface area contributed by atoms with Gasteiger partial charge in [-0.25, -0.2) is 0 Å². The first-order valence-electron chi connectivity index (χ1n) is 8.73. The lowest BCUT2D eigenvalue weighted by molar-refractivity contribution is 0.258. The molecule has 2 heterocycles. The Hall–Kier alpha value is -1.95. The van der Waals surface area contributed by atoms with Crippen LogP contribution < -0.4 is 9.64 Å². The molecule has 3 rings (SSSR count). The zero-order valence-corrected chi connectivity index (χ0v) is 15.7. The number of hydrogen-bond donors (Lipinski definition) is 0. The molecule has 1 aliphatic heterocycles. The molecule has 1 saturated heterocycles. The number of hydrogen-bond acceptors (Lipinski definition) is 5. The third-order valence-electron chi connectivity index (χ3n) is 4.67. The third-order valence-corrected chi connectivity index (χ3v) is 5.61. The number of benzene rings is 1. The summed E-state index contributed by atoms with van der Waals surface area (Å²) in [5.74, 6) is 2.52. The molecule has 0 radical (unpaired) electrons. The summed E-state index contributed by atoms with van der Waals surface area (Å²) < 4.78 is 17.2. The Morgan fingerprint density at radius 3 is 2.44 bits per heavy atom. The predicted molar refractivity (Wildman–Crippen MR) is 101 cm³/mol. The molecular weight excluding hydrogens is 334 g/mol. The van der Waals surface area contributed by atoms with E-state index in [1.54, 1.807) is 6.26 Å². The first kappa shape index (κ1) is 17.9. The summed E-state index contributed by atoms with van der Waals surface area (Å²) in [6, 6.07) is 11.6. The van der Waals surface area contributed by atoms with E-state index in [4.69, 9.17) is 4.74 Å². The SMILES string of the molecule is Cc1ccc(N2CCC(CCOc3ccc(S(C)=O)cc3)CC2)nn1. The van der Waals surface area contributed by atoms with E-state index in [1.807, 2.05) is 37.3 Å². The number of anilines is 1. The smallest absolute Gasteiger partial charge is 0.151 e. The van der Waals surface area contributed by atoms with Crippen LogP contribution >= 0.6 is 0 Å². The van der Waals surface area contributed by atoms with Crippen molar-refractivity contribution in [3.8, 4) is 5.75 Å². The number of aromatic nitrogens is 2. The van der Waals surface area contributed by atoms with Gasteiger partial charge in [0.25, 0.3) is 0 Å². The van der Waals surface area contributed by atoms with Crippen LogP contribution in [0.25, 0.3) is 0 Å². The molecule has 0 bridgehead atoms. The standard InChI is InChI=1S/C19H25N3O2S/c1-15-3-8-19(21-20-15)22-12-9-16(10-13-22)11-14-24-17-4-6-18(7-5-17)25(2)23/h3-8,16H,9-14H2,1-2H3. The molecule has 25 heavy (non-hydrogen) atoms. The predicted octanol–water partition coefficient (Wildman–Crippen LogP) is 3.21. The lowest BCUT2D eigenvalue weighted by Crippen LogP contribution is -2.34. The lowest BCUT2D eigenvalue weighted by atomic mass is 9.94. The van der Waals surface area contributed by atoms with Gasteiger partial charge in [0.2, 0.25) is 0 Å². The minimum absolute atomic E-state index is 0.692. The summed E-state index contributed by atoms with van der Waals surface area (Å²) >= 11 is 0. The van der Waals surface area contributed by atoms with E-state index >= 15 is 0 Å². The average Bonchev–Trinajstić information content (AvgIpc) is 2.63. The van der Waals surface area contributed by atoms with Crippen LogP contribution in [0.15, 0.2) is 41.3 Å². The number of aryl methyl sites for hydroxylation is 1. The van der Waals surface area contributed by atoms with Gasteiger partial charge in [-0.3, -0.25) is 4.21 Å². The summed E-state index contributed by atoms with van der Waals surface area (Å²) in [5, 5.41) is 8.42. The van der Waals surface area contributed by atoms with Crippen LogP contribution in [0.5, 0.6) is 5.75 Å². The van der Waals surface area contributed by atoms with Gasteiger partial charge in [0.1, 0.15) is 5.75 Å². The molecule has 1 fully saturated rings. The molecule has 0 saturated carbocycles. The lowest BCUT2D eigenvalue weighted by Gasteiger charge is -2.32. The van der Waals surface area contributed by atoms with Crippen LogP contribution in [0.4, 0.5) is 5.82 Å². The zero-order chi connectivity index (χ0) is 17.6. The summed E-state index contributed by atoms with van der Waals surface area (Å²) in [6.45, 7) is 4.74. The van der Waals surface area contributed by atoms with Gasteiger partial charge in [-0.1, -0.05) is 0 Å². The molecule has 1 aromatic heterocycles. The summed E-state index contributed by atoms with van der Waals surface area (Å²) in [6.07, 6.45) is 5.07. The van der Waals surface area contributed by atoms with Crippen molar-refractivity contribution < 1.29 is 8.95 Å². The fraction of sp³-hybridized carbons (Fsp3) is 0.474. The van der Waals surface area contributed by atoms with Crippen LogP contribution in [0.3, 0.4) is 0 Å². The summed E-state index contributed by atoms with van der Waals surface area (Å²) in [4.78, 5) is 3.15. The number of nitrogens with zero attached hydrogens (tertiary/aromatic N) is 3. The van der Waals surface area contributed by atoms with Crippen molar-refractivity contribution in [3.05, 3.63) is 42.1 Å². The topological polar surface area (TPSA) is 55.3 Å². The number of rotatable bonds is 6. The van der Waals surface area contributed by atoms with Crippen molar-refractivity contribution in [1.29, 1.82) is 0 Å². The highest BCUT2D eigenvalue weighted by molar-refractivity contribution is 7.84. The molecule has 134 valence electrons. The van der Waals surface area contributed by atoms with Crippen molar-refractivity contribution >= 4 is 16.6 Å². The van der Waals surface area contributed by atoms with Crippen LogP contribution in [0.1, 0.15) is 25.0 Å². The molecule has 1 atom stereocenters. The second-order valence-electron chi connectivity index (χ2n) is 6.53. The fourth-order valence-electron chi connectivity index (χ4n) is 3.08. The van der Waals surface area contributed by atoms with Crippen LogP contribution in [0, 0.1) is 12.8 Å². The molecule has 0 spiro atoms. The first-order chi connectivity index (χ1) is 12.1. The Balaban J connectivity index is 1.40. The van der Waals surface area contributed by atoms with E-state index < -0.39 is 10.8 Å². The molecule has 1 aromatic carbocycles. The van der Waals surface area contributed by atoms with Gasteiger partial charge in [0, 0.05) is 35.0 Å². The van der Waals surface area contributed by atoms with Gasteiger partial charge < -0.3 is 9.64 Å². The molecule has 5 nitrogen and oxygen atoms in total. The maximum atomic E-state index is 11.4. The van der Waals surface area contributed by atoms with Gasteiger partial charge >= 0.3 is 0 Å². The highest BCUT2D eigenvalue weighted by Gasteiger charge is 2.20. The quantitative estimate of drug-likeness (QED) is 0.793. The second kappa shape index (κ2) is 8.43. The Morgan fingerprint density at radius 2 is 1.84 bits per heavy atom. The minimum atomic E-state index is -0.937. The van der Waals surface area contributed by atoms with Crippen molar-refractivity contribution in [2.75, 3.05) is 30.9 Å². The van der Waals surface area contributed by atoms with Gasteiger partial charge in [0.05, 0.1) is 12.3 Å². The molecule has 6 heteroatoms. The van der Waals surface area contributed by atoms with Crippen molar-refractivity contribution in [1.82, 2.24) is 10.2 Å². The Bertz CT molecular complexity index is 696. The largest absolute Gasteiger partial charge is 0.494 e. The van der Waals surface area contributed by atoms with Crippen molar-refractivity contribution in [2.24, 2.45) is 5.92 Å². The molecule has 0 aliphatic carbocycles. The van der Waals surface area contributed by atoms with E-state index in [9.17, 15) is 4.21 Å². The molecule has 1 unspecified atom stereocenters. The fourth-order valence-corrected chi connectivity index (χ4v) is 3.60. The maximum Gasteiger partial charge on any atom is 0.151 e. The second-order valence-corrected chi connectivity index (χ2v) is 7.91. The molecule has 1 aliphatic rings.